The van der Waals surface area contributed by atoms with Gasteiger partial charge in [-0.25, -0.2) is 0 Å². The average molecular weight is 253 g/mol. The van der Waals surface area contributed by atoms with Crippen LogP contribution in [0.4, 0.5) is 0 Å². The maximum atomic E-state index is 12.1. The summed E-state index contributed by atoms with van der Waals surface area (Å²) in [6.45, 7) is 2.84. The van der Waals surface area contributed by atoms with E-state index < -0.39 is 0 Å². The smallest absolute Gasteiger partial charge is 0.235 e. The molecule has 0 aliphatic rings. The first-order chi connectivity index (χ1) is 8.19. The predicted molar refractivity (Wildman–Crippen MR) is 71.9 cm³/mol. The molecule has 0 aliphatic carbocycles. The van der Waals surface area contributed by atoms with Gasteiger partial charge in [0.1, 0.15) is 0 Å². The van der Waals surface area contributed by atoms with Gasteiger partial charge in [-0.2, -0.15) is 11.8 Å². The zero-order chi connectivity index (χ0) is 12.7. The Kier molecular flexibility index (Phi) is 6.08. The highest BCUT2D eigenvalue weighted by molar-refractivity contribution is 7.99. The quantitative estimate of drug-likeness (QED) is 0.840. The van der Waals surface area contributed by atoms with Gasteiger partial charge in [-0.1, -0.05) is 30.3 Å². The van der Waals surface area contributed by atoms with Crippen molar-refractivity contribution in [3.05, 3.63) is 35.9 Å². The molecule has 1 aromatic rings. The fraction of sp³-hybridized carbons (Fsp3) is 0.462. The van der Waals surface area contributed by atoms with Gasteiger partial charge < -0.3 is 10.0 Å². The van der Waals surface area contributed by atoms with E-state index in [1.165, 1.54) is 11.8 Å². The third-order valence-corrected chi connectivity index (χ3v) is 3.51. The highest BCUT2D eigenvalue weighted by Crippen LogP contribution is 2.12. The number of aliphatic hydroxyl groups is 1. The number of aliphatic hydroxyl groups excluding tert-OH is 1. The second kappa shape index (κ2) is 7.35. The van der Waals surface area contributed by atoms with Gasteiger partial charge >= 0.3 is 0 Å². The van der Waals surface area contributed by atoms with Gasteiger partial charge in [0, 0.05) is 13.1 Å². The molecule has 0 fully saturated rings. The summed E-state index contributed by atoms with van der Waals surface area (Å²) in [4.78, 5) is 13.8. The summed E-state index contributed by atoms with van der Waals surface area (Å²) in [6, 6.07) is 9.83. The third-order valence-electron chi connectivity index (χ3n) is 2.60. The molecule has 0 heterocycles. The summed E-state index contributed by atoms with van der Waals surface area (Å²) in [5, 5.41) is 8.95. The van der Waals surface area contributed by atoms with Crippen LogP contribution in [0.3, 0.4) is 0 Å². The van der Waals surface area contributed by atoms with Crippen molar-refractivity contribution < 1.29 is 9.90 Å². The molecule has 94 valence electrons. The SMILES string of the molecule is CSC(C)C(=O)N(CCO)Cc1ccccc1. The van der Waals surface area contributed by atoms with Crippen LogP contribution in [-0.4, -0.2) is 40.6 Å². The van der Waals surface area contributed by atoms with Gasteiger partial charge in [-0.05, 0) is 18.7 Å². The zero-order valence-corrected chi connectivity index (χ0v) is 11.1. The van der Waals surface area contributed by atoms with Gasteiger partial charge in [0.15, 0.2) is 0 Å². The van der Waals surface area contributed by atoms with Crippen molar-refractivity contribution in [2.24, 2.45) is 0 Å². The lowest BCUT2D eigenvalue weighted by Crippen LogP contribution is -2.37. The maximum absolute atomic E-state index is 12.1. The van der Waals surface area contributed by atoms with Crippen LogP contribution >= 0.6 is 11.8 Å². The molecule has 0 saturated carbocycles. The number of carbonyl (C=O) groups excluding carboxylic acids is 1. The number of benzene rings is 1. The van der Waals surface area contributed by atoms with E-state index in [2.05, 4.69) is 0 Å². The topological polar surface area (TPSA) is 40.5 Å². The van der Waals surface area contributed by atoms with Crippen LogP contribution in [0.1, 0.15) is 12.5 Å². The van der Waals surface area contributed by atoms with Gasteiger partial charge in [-0.3, -0.25) is 4.79 Å². The van der Waals surface area contributed by atoms with Crippen molar-refractivity contribution in [3.63, 3.8) is 0 Å². The summed E-state index contributed by atoms with van der Waals surface area (Å²) < 4.78 is 0. The number of thioether (sulfide) groups is 1. The number of amides is 1. The Balaban J connectivity index is 2.69. The molecule has 17 heavy (non-hydrogen) atoms. The van der Waals surface area contributed by atoms with E-state index in [1.807, 2.05) is 43.5 Å². The van der Waals surface area contributed by atoms with Gasteiger partial charge in [0.2, 0.25) is 5.91 Å². The zero-order valence-electron chi connectivity index (χ0n) is 10.3. The third kappa shape index (κ3) is 4.40. The first kappa shape index (κ1) is 14.1. The van der Waals surface area contributed by atoms with Crippen LogP contribution in [0.25, 0.3) is 0 Å². The monoisotopic (exact) mass is 253 g/mol. The Hall–Kier alpha value is -1.00. The van der Waals surface area contributed by atoms with E-state index in [-0.39, 0.29) is 17.8 Å². The van der Waals surface area contributed by atoms with Crippen LogP contribution < -0.4 is 0 Å². The Morgan fingerprint density at radius 3 is 2.59 bits per heavy atom. The van der Waals surface area contributed by atoms with Crippen molar-refractivity contribution in [3.8, 4) is 0 Å². The Bertz CT molecular complexity index is 343. The molecule has 1 aromatic carbocycles. The lowest BCUT2D eigenvalue weighted by molar-refractivity contribution is -0.131. The van der Waals surface area contributed by atoms with E-state index in [0.29, 0.717) is 13.1 Å². The minimum Gasteiger partial charge on any atom is -0.395 e. The molecule has 3 nitrogen and oxygen atoms in total. The van der Waals surface area contributed by atoms with E-state index in [1.54, 1.807) is 4.90 Å². The standard InChI is InChI=1S/C13H19NO2S/c1-11(17-2)13(16)14(8-9-15)10-12-6-4-3-5-7-12/h3-7,11,15H,8-10H2,1-2H3. The number of hydrogen-bond donors (Lipinski definition) is 1. The molecule has 0 bridgehead atoms. The van der Waals surface area contributed by atoms with Crippen molar-refractivity contribution >= 4 is 17.7 Å². The van der Waals surface area contributed by atoms with Crippen LogP contribution in [-0.2, 0) is 11.3 Å². The minimum atomic E-state index is -0.0646. The fourth-order valence-electron chi connectivity index (χ4n) is 1.55. The van der Waals surface area contributed by atoms with Crippen LogP contribution in [0.2, 0.25) is 0 Å². The van der Waals surface area contributed by atoms with Crippen LogP contribution in [0.5, 0.6) is 0 Å². The van der Waals surface area contributed by atoms with Gasteiger partial charge in [0.25, 0.3) is 0 Å². The summed E-state index contributed by atoms with van der Waals surface area (Å²) in [7, 11) is 0. The number of hydrogen-bond acceptors (Lipinski definition) is 3. The Morgan fingerprint density at radius 1 is 1.41 bits per heavy atom. The normalized spacial score (nSPS) is 12.2. The molecule has 1 unspecified atom stereocenters. The molecule has 0 spiro atoms. The molecule has 4 heteroatoms. The second-order valence-electron chi connectivity index (χ2n) is 3.85. The number of nitrogens with zero attached hydrogens (tertiary/aromatic N) is 1. The molecular formula is C13H19NO2S. The van der Waals surface area contributed by atoms with Crippen molar-refractivity contribution in [2.45, 2.75) is 18.7 Å². The number of carbonyl (C=O) groups is 1. The fourth-order valence-corrected chi connectivity index (χ4v) is 1.90. The Labute approximate surface area is 107 Å². The molecule has 0 aliphatic heterocycles. The minimum absolute atomic E-state index is 0.000323. The lowest BCUT2D eigenvalue weighted by atomic mass is 10.2. The van der Waals surface area contributed by atoms with Crippen molar-refractivity contribution in [2.75, 3.05) is 19.4 Å². The lowest BCUT2D eigenvalue weighted by Gasteiger charge is -2.24. The molecule has 0 saturated heterocycles. The van der Waals surface area contributed by atoms with E-state index in [4.69, 9.17) is 5.11 Å². The predicted octanol–water partition coefficient (Wildman–Crippen LogP) is 1.76. The van der Waals surface area contributed by atoms with Gasteiger partial charge in [0.05, 0.1) is 11.9 Å². The van der Waals surface area contributed by atoms with E-state index in [9.17, 15) is 4.79 Å². The molecular weight excluding hydrogens is 234 g/mol. The molecule has 0 aromatic heterocycles. The van der Waals surface area contributed by atoms with Crippen molar-refractivity contribution in [1.82, 2.24) is 4.90 Å². The summed E-state index contributed by atoms with van der Waals surface area (Å²) >= 11 is 1.52. The highest BCUT2D eigenvalue weighted by atomic mass is 32.2. The largest absolute Gasteiger partial charge is 0.395 e. The average Bonchev–Trinajstić information content (AvgIpc) is 2.37. The van der Waals surface area contributed by atoms with Crippen molar-refractivity contribution in [1.29, 1.82) is 0 Å². The molecule has 1 rings (SSSR count). The Morgan fingerprint density at radius 2 is 2.06 bits per heavy atom. The summed E-state index contributed by atoms with van der Waals surface area (Å²) in [6.07, 6.45) is 1.92. The highest BCUT2D eigenvalue weighted by Gasteiger charge is 2.19. The first-order valence-corrected chi connectivity index (χ1v) is 6.94. The summed E-state index contributed by atoms with van der Waals surface area (Å²) in [5.74, 6) is 0.0791. The van der Waals surface area contributed by atoms with Crippen LogP contribution in [0, 0.1) is 0 Å². The molecule has 1 N–H and O–H groups in total. The van der Waals surface area contributed by atoms with Crippen LogP contribution in [0.15, 0.2) is 30.3 Å². The molecule has 1 atom stereocenters. The second-order valence-corrected chi connectivity index (χ2v) is 5.03. The van der Waals surface area contributed by atoms with E-state index in [0.717, 1.165) is 5.56 Å². The molecule has 0 radical (unpaired) electrons. The molecule has 1 amide bonds. The number of rotatable bonds is 6. The summed E-state index contributed by atoms with van der Waals surface area (Å²) in [5.41, 5.74) is 1.09. The van der Waals surface area contributed by atoms with Gasteiger partial charge in [-0.15, -0.1) is 0 Å². The first-order valence-electron chi connectivity index (χ1n) is 5.65. The maximum Gasteiger partial charge on any atom is 0.235 e. The van der Waals surface area contributed by atoms with E-state index >= 15 is 0 Å².